The highest BCUT2D eigenvalue weighted by Gasteiger charge is 2.33. The molecule has 0 aromatic heterocycles. The fourth-order valence-corrected chi connectivity index (χ4v) is 4.66. The molecule has 0 N–H and O–H groups in total. The smallest absolute Gasteiger partial charge is 0.266 e. The van der Waals surface area contributed by atoms with Crippen molar-refractivity contribution in [1.29, 1.82) is 0 Å². The molecule has 0 bridgehead atoms. The van der Waals surface area contributed by atoms with Crippen LogP contribution < -0.4 is 0 Å². The first-order chi connectivity index (χ1) is 15.8. The lowest BCUT2D eigenvalue weighted by atomic mass is 9.87. The van der Waals surface area contributed by atoms with E-state index in [9.17, 15) is 4.79 Å². The van der Waals surface area contributed by atoms with E-state index in [0.29, 0.717) is 11.4 Å². The Morgan fingerprint density at radius 1 is 0.909 bits per heavy atom. The summed E-state index contributed by atoms with van der Waals surface area (Å²) in [6.45, 7) is 9.27. The number of hydrogen-bond acceptors (Lipinski definition) is 3. The van der Waals surface area contributed by atoms with Crippen molar-refractivity contribution in [3.05, 3.63) is 106 Å². The number of benzene rings is 3. The molecule has 0 atom stereocenters. The van der Waals surface area contributed by atoms with E-state index in [-0.39, 0.29) is 11.3 Å². The molecule has 1 aliphatic heterocycles. The number of aryl methyl sites for hydroxylation is 1. The molecule has 3 aromatic rings. The first-order valence-corrected chi connectivity index (χ1v) is 12.1. The van der Waals surface area contributed by atoms with Gasteiger partial charge in [-0.15, -0.1) is 0 Å². The number of rotatable bonds is 5. The number of aliphatic imine (C=N–C) groups is 1. The van der Waals surface area contributed by atoms with Gasteiger partial charge in [0.15, 0.2) is 5.17 Å². The summed E-state index contributed by atoms with van der Waals surface area (Å²) in [4.78, 5) is 20.7. The van der Waals surface area contributed by atoms with Crippen LogP contribution in [-0.2, 0) is 16.6 Å². The molecular formula is C29H30N2OS. The number of amidine groups is 1. The Morgan fingerprint density at radius 2 is 1.58 bits per heavy atom. The predicted molar refractivity (Wildman–Crippen MR) is 141 cm³/mol. The molecule has 1 aliphatic rings. The van der Waals surface area contributed by atoms with Gasteiger partial charge in [0.25, 0.3) is 5.91 Å². The summed E-state index contributed by atoms with van der Waals surface area (Å²) >= 11 is 1.45. The first kappa shape index (κ1) is 23.1. The van der Waals surface area contributed by atoms with E-state index >= 15 is 0 Å². The average molecular weight is 455 g/mol. The molecule has 1 fully saturated rings. The maximum atomic E-state index is 13.4. The van der Waals surface area contributed by atoms with Crippen molar-refractivity contribution in [2.24, 2.45) is 4.99 Å². The van der Waals surface area contributed by atoms with E-state index in [2.05, 4.69) is 64.1 Å². The molecular weight excluding hydrogens is 424 g/mol. The van der Waals surface area contributed by atoms with Gasteiger partial charge in [-0.2, -0.15) is 0 Å². The van der Waals surface area contributed by atoms with Crippen molar-refractivity contribution in [3.63, 3.8) is 0 Å². The third kappa shape index (κ3) is 5.82. The van der Waals surface area contributed by atoms with Crippen LogP contribution in [0.15, 0.2) is 88.8 Å². The minimum atomic E-state index is 0.0155. The molecule has 1 amide bonds. The van der Waals surface area contributed by atoms with Gasteiger partial charge in [-0.1, -0.05) is 93.1 Å². The molecule has 0 spiro atoms. The van der Waals surface area contributed by atoms with Gasteiger partial charge in [0.05, 0.1) is 10.6 Å². The van der Waals surface area contributed by atoms with Gasteiger partial charge in [0.1, 0.15) is 0 Å². The van der Waals surface area contributed by atoms with Crippen LogP contribution in [0.4, 0.5) is 5.69 Å². The normalized spacial score (nSPS) is 16.7. The topological polar surface area (TPSA) is 32.7 Å². The Balaban J connectivity index is 1.61. The molecule has 33 heavy (non-hydrogen) atoms. The Labute approximate surface area is 201 Å². The fraction of sp³-hybridized carbons (Fsp3) is 0.241. The predicted octanol–water partition coefficient (Wildman–Crippen LogP) is 7.14. The van der Waals surface area contributed by atoms with Gasteiger partial charge >= 0.3 is 0 Å². The zero-order valence-corrected chi connectivity index (χ0v) is 20.5. The Morgan fingerprint density at radius 3 is 2.21 bits per heavy atom. The Hall–Kier alpha value is -3.11. The van der Waals surface area contributed by atoms with Crippen LogP contribution in [0.2, 0.25) is 0 Å². The lowest BCUT2D eigenvalue weighted by molar-refractivity contribution is -0.122. The van der Waals surface area contributed by atoms with Gasteiger partial charge in [0, 0.05) is 6.54 Å². The molecule has 0 radical (unpaired) electrons. The summed E-state index contributed by atoms with van der Waals surface area (Å²) in [5.74, 6) is 0.0155. The maximum Gasteiger partial charge on any atom is 0.266 e. The standard InChI is InChI=1S/C29H30N2OS/c1-21-10-16-25(17-11-21)30-28-31(19-18-22-8-6-5-7-9-22)27(32)26(33-28)20-23-12-14-24(15-13-23)29(2,3)4/h5-17,20H,18-19H2,1-4H3/b26-20+,30-28?. The lowest BCUT2D eigenvalue weighted by Gasteiger charge is -2.18. The third-order valence-corrected chi connectivity index (χ3v) is 6.69. The Bertz CT molecular complexity index is 1170. The molecule has 1 heterocycles. The monoisotopic (exact) mass is 454 g/mol. The van der Waals surface area contributed by atoms with Crippen LogP contribution >= 0.6 is 11.8 Å². The van der Waals surface area contributed by atoms with E-state index in [0.717, 1.165) is 22.8 Å². The van der Waals surface area contributed by atoms with Crippen LogP contribution in [0.25, 0.3) is 6.08 Å². The van der Waals surface area contributed by atoms with Crippen molar-refractivity contribution in [3.8, 4) is 0 Å². The zero-order chi connectivity index (χ0) is 23.4. The van der Waals surface area contributed by atoms with Crippen molar-refractivity contribution in [1.82, 2.24) is 4.90 Å². The molecule has 3 aromatic carbocycles. The quantitative estimate of drug-likeness (QED) is 0.384. The Kier molecular flexibility index (Phi) is 6.85. The van der Waals surface area contributed by atoms with E-state index in [1.807, 2.05) is 53.4 Å². The van der Waals surface area contributed by atoms with Gasteiger partial charge < -0.3 is 0 Å². The SMILES string of the molecule is Cc1ccc(N=C2S/C(=C/c3ccc(C(C)(C)C)cc3)C(=O)N2CCc2ccccc2)cc1. The molecule has 3 nitrogen and oxygen atoms in total. The van der Waals surface area contributed by atoms with Crippen LogP contribution in [0.3, 0.4) is 0 Å². The van der Waals surface area contributed by atoms with Crippen LogP contribution in [0.1, 0.15) is 43.0 Å². The largest absolute Gasteiger partial charge is 0.286 e. The van der Waals surface area contributed by atoms with Gasteiger partial charge in [-0.05, 0) is 65.4 Å². The first-order valence-electron chi connectivity index (χ1n) is 11.3. The van der Waals surface area contributed by atoms with E-state index in [1.54, 1.807) is 0 Å². The second-order valence-corrected chi connectivity index (χ2v) is 10.4. The zero-order valence-electron chi connectivity index (χ0n) is 19.7. The number of hydrogen-bond donors (Lipinski definition) is 0. The minimum Gasteiger partial charge on any atom is -0.286 e. The van der Waals surface area contributed by atoms with E-state index in [1.165, 1.54) is 28.5 Å². The van der Waals surface area contributed by atoms with Crippen LogP contribution in [0.5, 0.6) is 0 Å². The summed E-state index contributed by atoms with van der Waals surface area (Å²) < 4.78 is 0. The molecule has 0 unspecified atom stereocenters. The van der Waals surface area contributed by atoms with Gasteiger partial charge in [0.2, 0.25) is 0 Å². The van der Waals surface area contributed by atoms with E-state index < -0.39 is 0 Å². The van der Waals surface area contributed by atoms with Crippen molar-refractivity contribution >= 4 is 34.6 Å². The van der Waals surface area contributed by atoms with Gasteiger partial charge in [-0.25, -0.2) is 4.99 Å². The second-order valence-electron chi connectivity index (χ2n) is 9.40. The minimum absolute atomic E-state index is 0.0155. The summed E-state index contributed by atoms with van der Waals surface area (Å²) in [7, 11) is 0. The summed E-state index contributed by atoms with van der Waals surface area (Å²) in [6, 6.07) is 26.8. The van der Waals surface area contributed by atoms with Crippen molar-refractivity contribution < 1.29 is 4.79 Å². The summed E-state index contributed by atoms with van der Waals surface area (Å²) in [5, 5.41) is 0.734. The van der Waals surface area contributed by atoms with E-state index in [4.69, 9.17) is 4.99 Å². The summed E-state index contributed by atoms with van der Waals surface area (Å²) in [6.07, 6.45) is 2.76. The molecule has 4 heteroatoms. The van der Waals surface area contributed by atoms with Crippen molar-refractivity contribution in [2.75, 3.05) is 6.54 Å². The molecule has 4 rings (SSSR count). The lowest BCUT2D eigenvalue weighted by Crippen LogP contribution is -2.31. The fourth-order valence-electron chi connectivity index (χ4n) is 3.63. The van der Waals surface area contributed by atoms with Crippen LogP contribution in [0, 0.1) is 6.92 Å². The third-order valence-electron chi connectivity index (χ3n) is 5.69. The highest BCUT2D eigenvalue weighted by Crippen LogP contribution is 2.34. The molecule has 0 saturated carbocycles. The van der Waals surface area contributed by atoms with Crippen LogP contribution in [-0.4, -0.2) is 22.5 Å². The number of carbonyl (C=O) groups is 1. The molecule has 168 valence electrons. The second kappa shape index (κ2) is 9.80. The number of nitrogens with zero attached hydrogens (tertiary/aromatic N) is 2. The maximum absolute atomic E-state index is 13.4. The molecule has 0 aliphatic carbocycles. The summed E-state index contributed by atoms with van der Waals surface area (Å²) in [5.41, 5.74) is 5.66. The number of thioether (sulfide) groups is 1. The van der Waals surface area contributed by atoms with Gasteiger partial charge in [-0.3, -0.25) is 9.69 Å². The highest BCUT2D eigenvalue weighted by molar-refractivity contribution is 8.18. The number of carbonyl (C=O) groups excluding carboxylic acids is 1. The highest BCUT2D eigenvalue weighted by atomic mass is 32.2. The van der Waals surface area contributed by atoms with Crippen molar-refractivity contribution in [2.45, 2.75) is 39.5 Å². The average Bonchev–Trinajstić information content (AvgIpc) is 3.08. The molecule has 1 saturated heterocycles. The number of amides is 1.